The molecule has 66 valence electrons. The van der Waals surface area contributed by atoms with Gasteiger partial charge < -0.3 is 4.98 Å². The molecule has 2 rings (SSSR count). The van der Waals surface area contributed by atoms with Gasteiger partial charge in [-0.2, -0.15) is 0 Å². The minimum Gasteiger partial charge on any atom is -0.355 e. The minimum absolute atomic E-state index is 1.18. The third-order valence-corrected chi connectivity index (χ3v) is 1.99. The Morgan fingerprint density at radius 2 is 2.00 bits per heavy atom. The van der Waals surface area contributed by atoms with Gasteiger partial charge in [-0.1, -0.05) is 23.8 Å². The molecule has 1 nitrogen and oxygen atoms in total. The van der Waals surface area contributed by atoms with Gasteiger partial charge in [-0.15, -0.1) is 0 Å². The van der Waals surface area contributed by atoms with E-state index in [0.29, 0.717) is 0 Å². The lowest BCUT2D eigenvalue weighted by Crippen LogP contribution is -1.70. The number of para-hydroxylation sites is 1. The van der Waals surface area contributed by atoms with Crippen LogP contribution in [0.25, 0.3) is 17.0 Å². The summed E-state index contributed by atoms with van der Waals surface area (Å²) < 4.78 is 0. The fourth-order valence-electron chi connectivity index (χ4n) is 1.48. The molecule has 1 aromatic heterocycles. The molecule has 0 spiro atoms. The van der Waals surface area contributed by atoms with Gasteiger partial charge in [-0.25, -0.2) is 0 Å². The lowest BCUT2D eigenvalue weighted by Gasteiger charge is -1.87. The van der Waals surface area contributed by atoms with Crippen molar-refractivity contribution in [2.75, 3.05) is 0 Å². The zero-order valence-electron chi connectivity index (χ0n) is 7.96. The highest BCUT2D eigenvalue weighted by atomic mass is 14.7. The lowest BCUT2D eigenvalue weighted by molar-refractivity contribution is 1.37. The summed E-state index contributed by atoms with van der Waals surface area (Å²) in [6.45, 7) is 4.21. The third-order valence-electron chi connectivity index (χ3n) is 1.99. The first-order chi connectivity index (χ1) is 6.25. The fraction of sp³-hybridized carbons (Fsp3) is 0.167. The van der Waals surface area contributed by atoms with Gasteiger partial charge in [0.25, 0.3) is 0 Å². The molecule has 1 heterocycles. The molecule has 2 aromatic rings. The molecular weight excluding hydrogens is 158 g/mol. The summed E-state index contributed by atoms with van der Waals surface area (Å²) in [5.41, 5.74) is 3.70. The highest BCUT2D eigenvalue weighted by Crippen LogP contribution is 2.16. The van der Waals surface area contributed by atoms with E-state index < -0.39 is 0 Å². The molecule has 0 unspecified atom stereocenters. The average Bonchev–Trinajstić information content (AvgIpc) is 2.44. The second-order valence-electron chi connectivity index (χ2n) is 3.53. The maximum Gasteiger partial charge on any atom is 0.0458 e. The van der Waals surface area contributed by atoms with E-state index in [1.807, 2.05) is 6.07 Å². The van der Waals surface area contributed by atoms with Crippen LogP contribution in [0.3, 0.4) is 0 Å². The normalized spacial score (nSPS) is 10.3. The van der Waals surface area contributed by atoms with Gasteiger partial charge in [-0.05, 0) is 37.4 Å². The van der Waals surface area contributed by atoms with E-state index in [0.717, 1.165) is 0 Å². The molecule has 0 aliphatic heterocycles. The monoisotopic (exact) mass is 171 g/mol. The van der Waals surface area contributed by atoms with Crippen molar-refractivity contribution in [2.45, 2.75) is 13.8 Å². The number of hydrogen-bond donors (Lipinski definition) is 1. The molecule has 1 heteroatoms. The molecule has 0 saturated heterocycles. The van der Waals surface area contributed by atoms with E-state index in [1.54, 1.807) is 0 Å². The number of hydrogen-bond acceptors (Lipinski definition) is 0. The molecular formula is C12H13N. The van der Waals surface area contributed by atoms with Crippen molar-refractivity contribution in [3.05, 3.63) is 41.6 Å². The van der Waals surface area contributed by atoms with Crippen molar-refractivity contribution in [1.82, 2.24) is 4.98 Å². The Hall–Kier alpha value is -1.50. The first-order valence-electron chi connectivity index (χ1n) is 4.48. The second kappa shape index (κ2) is 3.09. The quantitative estimate of drug-likeness (QED) is 0.674. The molecule has 0 amide bonds. The van der Waals surface area contributed by atoms with Gasteiger partial charge in [0.1, 0.15) is 0 Å². The van der Waals surface area contributed by atoms with E-state index in [1.165, 1.54) is 22.2 Å². The molecule has 0 aliphatic carbocycles. The summed E-state index contributed by atoms with van der Waals surface area (Å²) in [7, 11) is 0. The fourth-order valence-corrected chi connectivity index (χ4v) is 1.48. The van der Waals surface area contributed by atoms with Crippen molar-refractivity contribution in [2.24, 2.45) is 0 Å². The van der Waals surface area contributed by atoms with Crippen LogP contribution in [0.5, 0.6) is 0 Å². The number of rotatable bonds is 1. The Balaban J connectivity index is 2.56. The Bertz CT molecular complexity index is 412. The summed E-state index contributed by atoms with van der Waals surface area (Å²) in [5.74, 6) is 0. The van der Waals surface area contributed by atoms with Crippen LogP contribution in [0.2, 0.25) is 0 Å². The van der Waals surface area contributed by atoms with E-state index in [4.69, 9.17) is 0 Å². The van der Waals surface area contributed by atoms with Crippen molar-refractivity contribution in [3.8, 4) is 0 Å². The molecule has 0 atom stereocenters. The summed E-state index contributed by atoms with van der Waals surface area (Å²) in [6, 6.07) is 10.5. The molecule has 13 heavy (non-hydrogen) atoms. The van der Waals surface area contributed by atoms with Crippen LogP contribution in [-0.4, -0.2) is 4.98 Å². The highest BCUT2D eigenvalue weighted by Gasteiger charge is 1.95. The lowest BCUT2D eigenvalue weighted by atomic mass is 10.2. The average molecular weight is 171 g/mol. The zero-order valence-corrected chi connectivity index (χ0v) is 7.96. The maximum atomic E-state index is 3.35. The smallest absolute Gasteiger partial charge is 0.0458 e. The first kappa shape index (κ1) is 8.11. The first-order valence-corrected chi connectivity index (χ1v) is 4.48. The molecule has 0 radical (unpaired) electrons. The summed E-state index contributed by atoms with van der Waals surface area (Å²) in [5, 5.41) is 1.27. The largest absolute Gasteiger partial charge is 0.355 e. The van der Waals surface area contributed by atoms with Crippen molar-refractivity contribution in [3.63, 3.8) is 0 Å². The summed E-state index contributed by atoms with van der Waals surface area (Å²) in [4.78, 5) is 3.35. The Labute approximate surface area is 78.1 Å². The van der Waals surface area contributed by atoms with Gasteiger partial charge in [0.05, 0.1) is 0 Å². The van der Waals surface area contributed by atoms with Crippen LogP contribution >= 0.6 is 0 Å². The van der Waals surface area contributed by atoms with Crippen LogP contribution in [0.1, 0.15) is 19.5 Å². The number of H-pyrrole nitrogens is 1. The van der Waals surface area contributed by atoms with Crippen molar-refractivity contribution >= 4 is 17.0 Å². The predicted octanol–water partition coefficient (Wildman–Crippen LogP) is 3.59. The summed E-state index contributed by atoms with van der Waals surface area (Å²) >= 11 is 0. The topological polar surface area (TPSA) is 15.8 Å². The van der Waals surface area contributed by atoms with Crippen LogP contribution in [0.15, 0.2) is 35.9 Å². The van der Waals surface area contributed by atoms with Gasteiger partial charge >= 0.3 is 0 Å². The number of nitrogens with one attached hydrogen (secondary N) is 1. The van der Waals surface area contributed by atoms with Gasteiger partial charge in [0.2, 0.25) is 0 Å². The third kappa shape index (κ3) is 1.64. The van der Waals surface area contributed by atoms with Crippen LogP contribution < -0.4 is 0 Å². The number of aromatic nitrogens is 1. The SMILES string of the molecule is CC(C)=Cc1cc2ccccc2[nH]1. The molecule has 0 fully saturated rings. The molecule has 0 aliphatic rings. The van der Waals surface area contributed by atoms with Crippen molar-refractivity contribution < 1.29 is 0 Å². The minimum atomic E-state index is 1.18. The van der Waals surface area contributed by atoms with Gasteiger partial charge in [0.15, 0.2) is 0 Å². The van der Waals surface area contributed by atoms with Crippen LogP contribution in [-0.2, 0) is 0 Å². The van der Waals surface area contributed by atoms with Crippen molar-refractivity contribution in [1.29, 1.82) is 0 Å². The van der Waals surface area contributed by atoms with Gasteiger partial charge in [0, 0.05) is 11.2 Å². The number of fused-ring (bicyclic) bond motifs is 1. The number of allylic oxidation sites excluding steroid dienone is 1. The van der Waals surface area contributed by atoms with E-state index in [9.17, 15) is 0 Å². The molecule has 1 N–H and O–H groups in total. The van der Waals surface area contributed by atoms with E-state index >= 15 is 0 Å². The standard InChI is InChI=1S/C12H13N/c1-9(2)7-11-8-10-5-3-4-6-12(10)13-11/h3-8,13H,1-2H3. The number of benzene rings is 1. The van der Waals surface area contributed by atoms with Gasteiger partial charge in [-0.3, -0.25) is 0 Å². The molecule has 0 saturated carbocycles. The Morgan fingerprint density at radius 3 is 2.69 bits per heavy atom. The van der Waals surface area contributed by atoms with Crippen LogP contribution in [0, 0.1) is 0 Å². The molecule has 1 aromatic carbocycles. The highest BCUT2D eigenvalue weighted by molar-refractivity contribution is 5.82. The maximum absolute atomic E-state index is 3.35. The van der Waals surface area contributed by atoms with Crippen LogP contribution in [0.4, 0.5) is 0 Å². The van der Waals surface area contributed by atoms with E-state index in [2.05, 4.69) is 49.2 Å². The number of aromatic amines is 1. The second-order valence-corrected chi connectivity index (χ2v) is 3.53. The Kier molecular flexibility index (Phi) is 1.93. The molecule has 0 bridgehead atoms. The van der Waals surface area contributed by atoms with E-state index in [-0.39, 0.29) is 0 Å². The Morgan fingerprint density at radius 1 is 1.23 bits per heavy atom. The zero-order chi connectivity index (χ0) is 9.26. The summed E-state index contributed by atoms with van der Waals surface area (Å²) in [6.07, 6.45) is 2.15. The predicted molar refractivity (Wildman–Crippen MR) is 57.6 cm³/mol.